The van der Waals surface area contributed by atoms with Crippen LogP contribution in [0.2, 0.25) is 0 Å². The SMILES string of the molecule is C1CC1.C=CC1=C(/C=C\PC)CC(C(C)C)C1. The molecule has 0 spiro atoms. The first kappa shape index (κ1) is 14.7. The fraction of sp³-hybridized carbons (Fsp3) is 0.625. The molecule has 0 aliphatic heterocycles. The van der Waals surface area contributed by atoms with Gasteiger partial charge in [0.15, 0.2) is 0 Å². The van der Waals surface area contributed by atoms with E-state index < -0.39 is 0 Å². The average Bonchev–Trinajstić information content (AvgIpc) is 3.13. The number of allylic oxidation sites excluding steroid dienone is 4. The molecule has 0 aromatic rings. The van der Waals surface area contributed by atoms with Crippen LogP contribution in [0, 0.1) is 11.8 Å². The quantitative estimate of drug-likeness (QED) is 0.576. The molecule has 1 saturated carbocycles. The Balaban J connectivity index is 0.000000415. The summed E-state index contributed by atoms with van der Waals surface area (Å²) in [4.78, 5) is 0. The molecule has 2 aliphatic carbocycles. The van der Waals surface area contributed by atoms with Gasteiger partial charge in [0.05, 0.1) is 0 Å². The summed E-state index contributed by atoms with van der Waals surface area (Å²) in [5.41, 5.74) is 2.99. The van der Waals surface area contributed by atoms with E-state index in [-0.39, 0.29) is 0 Å². The summed E-state index contributed by atoms with van der Waals surface area (Å²) in [6.45, 7) is 10.8. The molecule has 2 atom stereocenters. The third-order valence-corrected chi connectivity index (χ3v) is 3.87. The lowest BCUT2D eigenvalue weighted by atomic mass is 9.92. The van der Waals surface area contributed by atoms with Crippen LogP contribution in [-0.4, -0.2) is 6.66 Å². The first-order valence-electron chi connectivity index (χ1n) is 6.87. The summed E-state index contributed by atoms with van der Waals surface area (Å²) in [6.07, 6.45) is 11.3. The van der Waals surface area contributed by atoms with Crippen LogP contribution in [0.15, 0.2) is 35.7 Å². The smallest absolute Gasteiger partial charge is 0.0242 e. The van der Waals surface area contributed by atoms with Crippen molar-refractivity contribution >= 4 is 8.58 Å². The van der Waals surface area contributed by atoms with Gasteiger partial charge in [0.1, 0.15) is 0 Å². The van der Waals surface area contributed by atoms with Gasteiger partial charge < -0.3 is 0 Å². The Kier molecular flexibility index (Phi) is 6.82. The van der Waals surface area contributed by atoms with Gasteiger partial charge in [-0.1, -0.05) is 57.7 Å². The van der Waals surface area contributed by atoms with Gasteiger partial charge in [-0.2, -0.15) is 0 Å². The Labute approximate surface area is 109 Å². The second-order valence-corrected chi connectivity index (χ2v) is 6.26. The number of hydrogen-bond donors (Lipinski definition) is 0. The fourth-order valence-corrected chi connectivity index (χ4v) is 2.31. The van der Waals surface area contributed by atoms with E-state index >= 15 is 0 Å². The second kappa shape index (κ2) is 7.88. The normalized spacial score (nSPS) is 23.6. The maximum atomic E-state index is 3.91. The van der Waals surface area contributed by atoms with E-state index in [9.17, 15) is 0 Å². The summed E-state index contributed by atoms with van der Waals surface area (Å²) < 4.78 is 0. The Bertz CT molecular complexity index is 292. The van der Waals surface area contributed by atoms with Crippen molar-refractivity contribution in [2.45, 2.75) is 46.0 Å². The average molecular weight is 250 g/mol. The zero-order chi connectivity index (χ0) is 12.7. The van der Waals surface area contributed by atoms with Crippen molar-refractivity contribution in [3.05, 3.63) is 35.7 Å². The zero-order valence-electron chi connectivity index (χ0n) is 11.6. The van der Waals surface area contributed by atoms with Gasteiger partial charge in [0.25, 0.3) is 0 Å². The topological polar surface area (TPSA) is 0 Å². The monoisotopic (exact) mass is 250 g/mol. The predicted molar refractivity (Wildman–Crippen MR) is 82.0 cm³/mol. The lowest BCUT2D eigenvalue weighted by molar-refractivity contribution is 0.404. The predicted octanol–water partition coefficient (Wildman–Crippen LogP) is 5.53. The zero-order valence-corrected chi connectivity index (χ0v) is 12.6. The van der Waals surface area contributed by atoms with Gasteiger partial charge in [-0.05, 0) is 42.5 Å². The minimum absolute atomic E-state index is 0.792. The van der Waals surface area contributed by atoms with Crippen molar-refractivity contribution in [3.63, 3.8) is 0 Å². The van der Waals surface area contributed by atoms with Crippen molar-refractivity contribution in [2.75, 3.05) is 6.66 Å². The molecule has 17 heavy (non-hydrogen) atoms. The van der Waals surface area contributed by atoms with Gasteiger partial charge in [-0.25, -0.2) is 0 Å². The molecule has 0 radical (unpaired) electrons. The minimum Gasteiger partial charge on any atom is -0.102 e. The second-order valence-electron chi connectivity index (χ2n) is 5.35. The van der Waals surface area contributed by atoms with E-state index in [2.05, 4.69) is 39.0 Å². The molecule has 0 N–H and O–H groups in total. The Morgan fingerprint density at radius 3 is 2.18 bits per heavy atom. The number of rotatable bonds is 4. The molecule has 0 nitrogen and oxygen atoms in total. The van der Waals surface area contributed by atoms with Gasteiger partial charge >= 0.3 is 0 Å². The van der Waals surface area contributed by atoms with Crippen molar-refractivity contribution < 1.29 is 0 Å². The Hall–Kier alpha value is -0.350. The van der Waals surface area contributed by atoms with Crippen LogP contribution in [0.4, 0.5) is 0 Å². The highest BCUT2D eigenvalue weighted by molar-refractivity contribution is 7.40. The van der Waals surface area contributed by atoms with Crippen molar-refractivity contribution in [1.82, 2.24) is 0 Å². The van der Waals surface area contributed by atoms with Gasteiger partial charge in [-0.3, -0.25) is 0 Å². The first-order valence-corrected chi connectivity index (χ1v) is 8.45. The summed E-state index contributed by atoms with van der Waals surface area (Å²) >= 11 is 0. The van der Waals surface area contributed by atoms with Crippen LogP contribution >= 0.6 is 8.58 Å². The maximum absolute atomic E-state index is 3.91. The van der Waals surface area contributed by atoms with E-state index in [1.807, 2.05) is 6.08 Å². The lowest BCUT2D eigenvalue weighted by Crippen LogP contribution is -2.03. The highest BCUT2D eigenvalue weighted by atomic mass is 31.1. The van der Waals surface area contributed by atoms with Crippen LogP contribution in [-0.2, 0) is 0 Å². The summed E-state index contributed by atoms with van der Waals surface area (Å²) in [5.74, 6) is 3.91. The molecular formula is C16H27P. The molecule has 0 heterocycles. The molecule has 1 fully saturated rings. The van der Waals surface area contributed by atoms with Crippen LogP contribution in [0.5, 0.6) is 0 Å². The molecule has 0 saturated heterocycles. The van der Waals surface area contributed by atoms with Crippen LogP contribution in [0.3, 0.4) is 0 Å². The molecule has 0 amide bonds. The van der Waals surface area contributed by atoms with Gasteiger partial charge in [-0.15, -0.1) is 8.58 Å². The molecule has 2 unspecified atom stereocenters. The maximum Gasteiger partial charge on any atom is -0.0242 e. The first-order chi connectivity index (χ1) is 8.19. The highest BCUT2D eigenvalue weighted by Gasteiger charge is 2.23. The van der Waals surface area contributed by atoms with Crippen LogP contribution in [0.25, 0.3) is 0 Å². The molecule has 2 aliphatic rings. The summed E-state index contributed by atoms with van der Waals surface area (Å²) in [7, 11) is 0.913. The molecule has 0 aromatic heterocycles. The summed E-state index contributed by atoms with van der Waals surface area (Å²) in [5, 5.41) is 0. The molecule has 0 aromatic carbocycles. The molecule has 2 rings (SSSR count). The minimum atomic E-state index is 0.792. The Morgan fingerprint density at radius 2 is 1.76 bits per heavy atom. The van der Waals surface area contributed by atoms with Gasteiger partial charge in [0, 0.05) is 0 Å². The fourth-order valence-electron chi connectivity index (χ4n) is 1.94. The van der Waals surface area contributed by atoms with Crippen LogP contribution in [0.1, 0.15) is 46.0 Å². The third-order valence-electron chi connectivity index (χ3n) is 3.37. The van der Waals surface area contributed by atoms with Crippen molar-refractivity contribution in [1.29, 1.82) is 0 Å². The van der Waals surface area contributed by atoms with E-state index in [1.165, 1.54) is 43.3 Å². The Morgan fingerprint density at radius 1 is 1.18 bits per heavy atom. The van der Waals surface area contributed by atoms with E-state index in [1.54, 1.807) is 0 Å². The highest BCUT2D eigenvalue weighted by Crippen LogP contribution is 2.37. The number of hydrogen-bond acceptors (Lipinski definition) is 0. The molecular weight excluding hydrogens is 223 g/mol. The van der Waals surface area contributed by atoms with E-state index in [0.29, 0.717) is 0 Å². The lowest BCUT2D eigenvalue weighted by Gasteiger charge is -2.13. The molecule has 1 heteroatoms. The summed E-state index contributed by atoms with van der Waals surface area (Å²) in [6, 6.07) is 0. The van der Waals surface area contributed by atoms with Crippen molar-refractivity contribution in [3.8, 4) is 0 Å². The standard InChI is InChI=1S/C13H21P.C3H6/c1-5-11-8-13(10(2)3)9-12(11)6-7-14-4;1-2-3-1/h5-7,10,13-14H,1,8-9H2,2-4H3;1-3H2/b7-6-;. The third kappa shape index (κ3) is 5.68. The van der Waals surface area contributed by atoms with Crippen LogP contribution < -0.4 is 0 Å². The van der Waals surface area contributed by atoms with Gasteiger partial charge in [0.2, 0.25) is 0 Å². The van der Waals surface area contributed by atoms with E-state index in [4.69, 9.17) is 0 Å². The molecule has 96 valence electrons. The molecule has 0 bridgehead atoms. The van der Waals surface area contributed by atoms with Crippen molar-refractivity contribution in [2.24, 2.45) is 11.8 Å². The van der Waals surface area contributed by atoms with E-state index in [0.717, 1.165) is 20.4 Å². The largest absolute Gasteiger partial charge is 0.102 e.